The second kappa shape index (κ2) is 6.23. The summed E-state index contributed by atoms with van der Waals surface area (Å²) in [5, 5.41) is 19.5. The Bertz CT molecular complexity index is 567. The van der Waals surface area contributed by atoms with Crippen LogP contribution in [0.5, 0.6) is 0 Å². The number of nitriles is 1. The minimum absolute atomic E-state index is 0.104. The fourth-order valence-electron chi connectivity index (χ4n) is 2.01. The quantitative estimate of drug-likeness (QED) is 0.462. The van der Waals surface area contributed by atoms with Crippen molar-refractivity contribution in [1.29, 1.82) is 5.26 Å². The van der Waals surface area contributed by atoms with Gasteiger partial charge in [0.1, 0.15) is 0 Å². The lowest BCUT2D eigenvalue weighted by atomic mass is 10.1. The van der Waals surface area contributed by atoms with Crippen LogP contribution in [0.2, 0.25) is 0 Å². The summed E-state index contributed by atoms with van der Waals surface area (Å²) in [6.07, 6.45) is -0.526. The number of benzene rings is 1. The van der Waals surface area contributed by atoms with Gasteiger partial charge in [-0.1, -0.05) is 12.1 Å². The van der Waals surface area contributed by atoms with Crippen LogP contribution >= 0.6 is 0 Å². The third-order valence-corrected chi connectivity index (χ3v) is 3.04. The number of rotatable bonds is 4. The first-order chi connectivity index (χ1) is 9.60. The van der Waals surface area contributed by atoms with E-state index in [2.05, 4.69) is 0 Å². The van der Waals surface area contributed by atoms with Crippen molar-refractivity contribution < 1.29 is 14.5 Å². The van der Waals surface area contributed by atoms with E-state index in [1.54, 1.807) is 6.07 Å². The molecule has 2 rings (SSSR count). The number of nitro groups is 1. The van der Waals surface area contributed by atoms with Gasteiger partial charge in [0, 0.05) is 30.8 Å². The molecule has 7 nitrogen and oxygen atoms in total. The zero-order valence-corrected chi connectivity index (χ0v) is 10.7. The molecule has 1 aromatic carbocycles. The predicted octanol–water partition coefficient (Wildman–Crippen LogP) is 1.00. The number of Topliss-reactive ketones (excluding diaryl/α,β-unsaturated/α-hetero) is 1. The average Bonchev–Trinajstić information content (AvgIpc) is 2.47. The van der Waals surface area contributed by atoms with Crippen LogP contribution in [0.3, 0.4) is 0 Å². The van der Waals surface area contributed by atoms with E-state index in [1.807, 2.05) is 11.0 Å². The summed E-state index contributed by atoms with van der Waals surface area (Å²) in [7, 11) is 0. The fourth-order valence-corrected chi connectivity index (χ4v) is 2.01. The number of hydrogen-bond donors (Lipinski definition) is 0. The van der Waals surface area contributed by atoms with Crippen LogP contribution in [0, 0.1) is 21.4 Å². The molecular formula is C13H13N3O4. The van der Waals surface area contributed by atoms with Crippen LogP contribution in [0.15, 0.2) is 24.3 Å². The molecule has 1 fully saturated rings. The van der Waals surface area contributed by atoms with Crippen molar-refractivity contribution in [1.82, 2.24) is 4.90 Å². The van der Waals surface area contributed by atoms with Gasteiger partial charge in [0.05, 0.1) is 24.1 Å². The fraction of sp³-hybridized carbons (Fsp3) is 0.385. The van der Waals surface area contributed by atoms with Crippen molar-refractivity contribution >= 4 is 11.5 Å². The summed E-state index contributed by atoms with van der Waals surface area (Å²) in [5.41, 5.74) is 0.201. The van der Waals surface area contributed by atoms with Crippen LogP contribution < -0.4 is 0 Å². The molecule has 1 aromatic rings. The largest absolute Gasteiger partial charge is 0.361 e. The molecule has 7 heteroatoms. The van der Waals surface area contributed by atoms with Crippen LogP contribution in [-0.4, -0.2) is 48.0 Å². The molecule has 104 valence electrons. The molecule has 0 aliphatic carbocycles. The topological polar surface area (TPSA) is 96.5 Å². The number of nitrogens with zero attached hydrogens (tertiary/aromatic N) is 3. The smallest absolute Gasteiger partial charge is 0.270 e. The molecule has 1 heterocycles. The Morgan fingerprint density at radius 3 is 3.10 bits per heavy atom. The van der Waals surface area contributed by atoms with Gasteiger partial charge in [0.2, 0.25) is 0 Å². The molecule has 0 aromatic heterocycles. The molecule has 1 unspecified atom stereocenters. The third-order valence-electron chi connectivity index (χ3n) is 3.04. The van der Waals surface area contributed by atoms with Crippen LogP contribution in [0.1, 0.15) is 10.4 Å². The number of ether oxygens (including phenoxy) is 1. The Balaban J connectivity index is 2.03. The van der Waals surface area contributed by atoms with E-state index in [0.29, 0.717) is 25.3 Å². The van der Waals surface area contributed by atoms with E-state index in [9.17, 15) is 14.9 Å². The first-order valence-corrected chi connectivity index (χ1v) is 6.11. The van der Waals surface area contributed by atoms with Gasteiger partial charge < -0.3 is 4.74 Å². The lowest BCUT2D eigenvalue weighted by Crippen LogP contribution is -2.44. The predicted molar refractivity (Wildman–Crippen MR) is 69.2 cm³/mol. The molecule has 20 heavy (non-hydrogen) atoms. The van der Waals surface area contributed by atoms with Crippen molar-refractivity contribution in [2.45, 2.75) is 6.10 Å². The molecule has 1 aliphatic rings. The number of non-ortho nitro benzene ring substituents is 1. The zero-order chi connectivity index (χ0) is 14.5. The molecule has 0 bridgehead atoms. The van der Waals surface area contributed by atoms with E-state index in [-0.39, 0.29) is 18.0 Å². The minimum Gasteiger partial charge on any atom is -0.361 e. The van der Waals surface area contributed by atoms with Gasteiger partial charge in [-0.15, -0.1) is 0 Å². The monoisotopic (exact) mass is 275 g/mol. The Labute approximate surface area is 115 Å². The third kappa shape index (κ3) is 3.38. The maximum Gasteiger partial charge on any atom is 0.270 e. The van der Waals surface area contributed by atoms with Crippen molar-refractivity contribution in [3.63, 3.8) is 0 Å². The molecule has 0 saturated carbocycles. The number of morpholine rings is 1. The molecule has 0 N–H and O–H groups in total. The molecule has 0 radical (unpaired) electrons. The normalized spacial score (nSPS) is 19.2. The molecule has 1 aliphatic heterocycles. The first kappa shape index (κ1) is 14.1. The number of nitro benzene ring substituents is 1. The standard InChI is InChI=1S/C13H13N3O4/c14-7-12-8-15(4-5-20-12)9-13(17)10-2-1-3-11(6-10)16(18)19/h1-3,6,12H,4-5,8-9H2. The highest BCUT2D eigenvalue weighted by Crippen LogP contribution is 2.14. The summed E-state index contributed by atoms with van der Waals surface area (Å²) in [6, 6.07) is 7.66. The number of carbonyl (C=O) groups excluding carboxylic acids is 1. The highest BCUT2D eigenvalue weighted by molar-refractivity contribution is 5.98. The molecular weight excluding hydrogens is 262 g/mol. The van der Waals surface area contributed by atoms with E-state index < -0.39 is 11.0 Å². The van der Waals surface area contributed by atoms with Gasteiger partial charge in [0.25, 0.3) is 5.69 Å². The SMILES string of the molecule is N#CC1CN(CC(=O)c2cccc([N+](=O)[O-])c2)CCO1. The van der Waals surface area contributed by atoms with Gasteiger partial charge in [-0.2, -0.15) is 5.26 Å². The van der Waals surface area contributed by atoms with Crippen molar-refractivity contribution in [2.75, 3.05) is 26.2 Å². The van der Waals surface area contributed by atoms with E-state index in [0.717, 1.165) is 0 Å². The van der Waals surface area contributed by atoms with E-state index >= 15 is 0 Å². The van der Waals surface area contributed by atoms with Crippen LogP contribution in [0.25, 0.3) is 0 Å². The van der Waals surface area contributed by atoms with Gasteiger partial charge in [-0.3, -0.25) is 19.8 Å². The number of carbonyl (C=O) groups is 1. The Morgan fingerprint density at radius 1 is 1.60 bits per heavy atom. The Morgan fingerprint density at radius 2 is 2.40 bits per heavy atom. The second-order valence-electron chi connectivity index (χ2n) is 4.45. The zero-order valence-electron chi connectivity index (χ0n) is 10.7. The van der Waals surface area contributed by atoms with Crippen LogP contribution in [0.4, 0.5) is 5.69 Å². The lowest BCUT2D eigenvalue weighted by molar-refractivity contribution is -0.384. The summed E-state index contributed by atoms with van der Waals surface area (Å²) in [5.74, 6) is -0.202. The summed E-state index contributed by atoms with van der Waals surface area (Å²) in [6.45, 7) is 1.47. The maximum absolute atomic E-state index is 12.1. The summed E-state index contributed by atoms with van der Waals surface area (Å²) < 4.78 is 5.19. The van der Waals surface area contributed by atoms with Crippen LogP contribution in [-0.2, 0) is 4.74 Å². The molecule has 1 saturated heterocycles. The summed E-state index contributed by atoms with van der Waals surface area (Å²) >= 11 is 0. The molecule has 1 atom stereocenters. The highest BCUT2D eigenvalue weighted by Gasteiger charge is 2.22. The highest BCUT2D eigenvalue weighted by atomic mass is 16.6. The van der Waals surface area contributed by atoms with Gasteiger partial charge in [-0.25, -0.2) is 0 Å². The van der Waals surface area contributed by atoms with Crippen molar-refractivity contribution in [2.24, 2.45) is 0 Å². The number of hydrogen-bond acceptors (Lipinski definition) is 6. The van der Waals surface area contributed by atoms with E-state index in [1.165, 1.54) is 18.2 Å². The number of ketones is 1. The van der Waals surface area contributed by atoms with Crippen molar-refractivity contribution in [3.05, 3.63) is 39.9 Å². The molecule has 0 spiro atoms. The van der Waals surface area contributed by atoms with Crippen molar-refractivity contribution in [3.8, 4) is 6.07 Å². The van der Waals surface area contributed by atoms with Gasteiger partial charge >= 0.3 is 0 Å². The van der Waals surface area contributed by atoms with Gasteiger partial charge in [-0.05, 0) is 0 Å². The Hall–Kier alpha value is -2.30. The van der Waals surface area contributed by atoms with Gasteiger partial charge in [0.15, 0.2) is 11.9 Å². The first-order valence-electron chi connectivity index (χ1n) is 6.11. The lowest BCUT2D eigenvalue weighted by Gasteiger charge is -2.28. The Kier molecular flexibility index (Phi) is 4.40. The molecule has 0 amide bonds. The maximum atomic E-state index is 12.1. The second-order valence-corrected chi connectivity index (χ2v) is 4.45. The average molecular weight is 275 g/mol. The minimum atomic E-state index is -0.531. The van der Waals surface area contributed by atoms with E-state index in [4.69, 9.17) is 10.00 Å². The summed E-state index contributed by atoms with van der Waals surface area (Å²) in [4.78, 5) is 24.1.